The van der Waals surface area contributed by atoms with Crippen LogP contribution in [0.5, 0.6) is 0 Å². The van der Waals surface area contributed by atoms with Gasteiger partial charge in [0.1, 0.15) is 0 Å². The van der Waals surface area contributed by atoms with Gasteiger partial charge in [0.15, 0.2) is 0 Å². The Labute approximate surface area is 144 Å². The quantitative estimate of drug-likeness (QED) is 0.826. The lowest BCUT2D eigenvalue weighted by atomic mass is 9.77. The maximum Gasteiger partial charge on any atom is 0.492 e. The van der Waals surface area contributed by atoms with Gasteiger partial charge in [-0.1, -0.05) is 0 Å². The molecule has 0 aromatic carbocycles. The standard InChI is InChI=1S/C17H26BN3O3/c1-11-7-14(21-10-15(11)19)8-13(9-20-12(2)22)18-23-16(3,4)17(5,6)24-18/h7-8,10H,9,19H2,1-6H3,(H,20,22). The van der Waals surface area contributed by atoms with Gasteiger partial charge in [-0.3, -0.25) is 9.78 Å². The van der Waals surface area contributed by atoms with Crippen molar-refractivity contribution in [3.05, 3.63) is 29.0 Å². The van der Waals surface area contributed by atoms with Gasteiger partial charge in [0, 0.05) is 13.5 Å². The summed E-state index contributed by atoms with van der Waals surface area (Å²) in [6.07, 6.45) is 3.51. The van der Waals surface area contributed by atoms with Crippen LogP contribution in [0.4, 0.5) is 5.69 Å². The number of nitrogen functional groups attached to an aromatic ring is 1. The largest absolute Gasteiger partial charge is 0.492 e. The molecule has 1 aliphatic rings. The molecule has 1 amide bonds. The molecular formula is C17H26BN3O3. The Kier molecular flexibility index (Phi) is 5.06. The average Bonchev–Trinajstić information content (AvgIpc) is 2.67. The van der Waals surface area contributed by atoms with E-state index < -0.39 is 18.3 Å². The second-order valence-corrected chi connectivity index (χ2v) is 7.18. The Bertz CT molecular complexity index is 655. The minimum atomic E-state index is -0.540. The molecule has 2 rings (SSSR count). The summed E-state index contributed by atoms with van der Waals surface area (Å²) < 4.78 is 12.2. The number of carbonyl (C=O) groups excluding carboxylic acids is 1. The van der Waals surface area contributed by atoms with Gasteiger partial charge in [-0.25, -0.2) is 0 Å². The van der Waals surface area contributed by atoms with E-state index >= 15 is 0 Å². The number of anilines is 1. The Balaban J connectivity index is 2.33. The zero-order valence-corrected chi connectivity index (χ0v) is 15.3. The van der Waals surface area contributed by atoms with E-state index in [1.807, 2.05) is 46.8 Å². The number of pyridine rings is 1. The van der Waals surface area contributed by atoms with Crippen LogP contribution in [0, 0.1) is 6.92 Å². The molecule has 7 heteroatoms. The molecule has 0 saturated carbocycles. The molecule has 0 unspecified atom stereocenters. The summed E-state index contributed by atoms with van der Waals surface area (Å²) in [4.78, 5) is 15.6. The summed E-state index contributed by atoms with van der Waals surface area (Å²) in [7, 11) is -0.540. The first-order chi connectivity index (χ1) is 11.0. The van der Waals surface area contributed by atoms with Gasteiger partial charge >= 0.3 is 7.12 Å². The van der Waals surface area contributed by atoms with Crippen LogP contribution in [0.15, 0.2) is 17.7 Å². The Morgan fingerprint density at radius 1 is 1.33 bits per heavy atom. The van der Waals surface area contributed by atoms with Gasteiger partial charge in [-0.15, -0.1) is 0 Å². The molecule has 1 aliphatic heterocycles. The summed E-state index contributed by atoms with van der Waals surface area (Å²) in [6, 6.07) is 1.90. The third kappa shape index (κ3) is 3.97. The lowest BCUT2D eigenvalue weighted by molar-refractivity contribution is -0.118. The molecule has 1 saturated heterocycles. The van der Waals surface area contributed by atoms with Crippen molar-refractivity contribution >= 4 is 24.8 Å². The van der Waals surface area contributed by atoms with E-state index in [-0.39, 0.29) is 5.91 Å². The molecule has 0 aliphatic carbocycles. The lowest BCUT2D eigenvalue weighted by Crippen LogP contribution is -2.41. The van der Waals surface area contributed by atoms with Crippen LogP contribution in [-0.2, 0) is 14.1 Å². The normalized spacial score (nSPS) is 19.4. The van der Waals surface area contributed by atoms with E-state index in [1.54, 1.807) is 6.20 Å². The van der Waals surface area contributed by atoms with E-state index in [0.29, 0.717) is 12.2 Å². The molecule has 1 aromatic heterocycles. The molecule has 0 spiro atoms. The predicted molar refractivity (Wildman–Crippen MR) is 96.1 cm³/mol. The van der Waals surface area contributed by atoms with Crippen LogP contribution < -0.4 is 11.1 Å². The molecule has 0 atom stereocenters. The van der Waals surface area contributed by atoms with Gasteiger partial charge in [0.05, 0.1) is 28.8 Å². The maximum atomic E-state index is 11.3. The third-order valence-electron chi connectivity index (χ3n) is 4.60. The highest BCUT2D eigenvalue weighted by Gasteiger charge is 2.52. The minimum absolute atomic E-state index is 0.112. The van der Waals surface area contributed by atoms with Crippen molar-refractivity contribution in [2.75, 3.05) is 12.3 Å². The first kappa shape index (κ1) is 18.5. The fourth-order valence-corrected chi connectivity index (χ4v) is 2.28. The summed E-state index contributed by atoms with van der Waals surface area (Å²) >= 11 is 0. The number of nitrogens with zero attached hydrogens (tertiary/aromatic N) is 1. The van der Waals surface area contributed by atoms with Crippen LogP contribution in [0.1, 0.15) is 45.9 Å². The number of amides is 1. The van der Waals surface area contributed by atoms with Gasteiger partial charge in [-0.05, 0) is 57.8 Å². The highest BCUT2D eigenvalue weighted by atomic mass is 16.7. The third-order valence-corrected chi connectivity index (χ3v) is 4.60. The summed E-state index contributed by atoms with van der Waals surface area (Å²) in [5.41, 5.74) is 8.07. The molecule has 0 bridgehead atoms. The van der Waals surface area contributed by atoms with Crippen molar-refractivity contribution in [3.8, 4) is 0 Å². The van der Waals surface area contributed by atoms with E-state index in [4.69, 9.17) is 15.0 Å². The number of hydrogen-bond donors (Lipinski definition) is 2. The number of nitrogens with one attached hydrogen (secondary N) is 1. The van der Waals surface area contributed by atoms with Crippen LogP contribution in [0.2, 0.25) is 0 Å². The fourth-order valence-electron chi connectivity index (χ4n) is 2.28. The second-order valence-electron chi connectivity index (χ2n) is 7.18. The first-order valence-corrected chi connectivity index (χ1v) is 8.04. The molecule has 130 valence electrons. The van der Waals surface area contributed by atoms with E-state index in [2.05, 4.69) is 10.3 Å². The summed E-state index contributed by atoms with van der Waals surface area (Å²) in [5, 5.41) is 2.80. The Morgan fingerprint density at radius 2 is 1.92 bits per heavy atom. The number of rotatable bonds is 4. The van der Waals surface area contributed by atoms with Gasteiger partial charge in [-0.2, -0.15) is 0 Å². The van der Waals surface area contributed by atoms with Crippen LogP contribution in [-0.4, -0.2) is 35.8 Å². The van der Waals surface area contributed by atoms with Crippen LogP contribution in [0.3, 0.4) is 0 Å². The molecule has 3 N–H and O–H groups in total. The van der Waals surface area contributed by atoms with Crippen molar-refractivity contribution in [3.63, 3.8) is 0 Å². The molecule has 2 heterocycles. The van der Waals surface area contributed by atoms with Crippen LogP contribution >= 0.6 is 0 Å². The number of nitrogens with two attached hydrogens (primary N) is 1. The van der Waals surface area contributed by atoms with E-state index in [0.717, 1.165) is 16.7 Å². The highest BCUT2D eigenvalue weighted by Crippen LogP contribution is 2.38. The monoisotopic (exact) mass is 331 g/mol. The molecule has 1 fully saturated rings. The van der Waals surface area contributed by atoms with Crippen molar-refractivity contribution in [1.82, 2.24) is 10.3 Å². The molecular weight excluding hydrogens is 305 g/mol. The van der Waals surface area contributed by atoms with E-state index in [1.165, 1.54) is 6.92 Å². The number of aromatic nitrogens is 1. The smallest absolute Gasteiger partial charge is 0.400 e. The van der Waals surface area contributed by atoms with Crippen LogP contribution in [0.25, 0.3) is 6.08 Å². The van der Waals surface area contributed by atoms with Gasteiger partial charge in [0.25, 0.3) is 0 Å². The lowest BCUT2D eigenvalue weighted by Gasteiger charge is -2.32. The van der Waals surface area contributed by atoms with E-state index in [9.17, 15) is 4.79 Å². The minimum Gasteiger partial charge on any atom is -0.400 e. The zero-order valence-electron chi connectivity index (χ0n) is 15.3. The molecule has 24 heavy (non-hydrogen) atoms. The van der Waals surface area contributed by atoms with Gasteiger partial charge < -0.3 is 20.4 Å². The fraction of sp³-hybridized carbons (Fsp3) is 0.529. The topological polar surface area (TPSA) is 86.5 Å². The summed E-state index contributed by atoms with van der Waals surface area (Å²) in [6.45, 7) is 11.7. The highest BCUT2D eigenvalue weighted by molar-refractivity contribution is 6.56. The maximum absolute atomic E-state index is 11.3. The van der Waals surface area contributed by atoms with Gasteiger partial charge in [0.2, 0.25) is 5.91 Å². The first-order valence-electron chi connectivity index (χ1n) is 8.04. The average molecular weight is 331 g/mol. The molecule has 1 aromatic rings. The predicted octanol–water partition coefficient (Wildman–Crippen LogP) is 2.12. The number of hydrogen-bond acceptors (Lipinski definition) is 5. The second kappa shape index (κ2) is 6.57. The Morgan fingerprint density at radius 3 is 2.42 bits per heavy atom. The summed E-state index contributed by atoms with van der Waals surface area (Å²) in [5.74, 6) is -0.112. The van der Waals surface area contributed by atoms with Crippen molar-refractivity contribution in [1.29, 1.82) is 0 Å². The SMILES string of the molecule is CC(=O)NCC(=Cc1cc(C)c(N)cn1)B1OC(C)(C)C(C)(C)O1. The molecule has 0 radical (unpaired) electrons. The van der Waals surface area contributed by atoms with Crippen molar-refractivity contribution in [2.24, 2.45) is 0 Å². The zero-order chi connectivity index (χ0) is 18.1. The van der Waals surface area contributed by atoms with Crippen molar-refractivity contribution in [2.45, 2.75) is 52.7 Å². The number of aryl methyl sites for hydroxylation is 1. The molecule has 6 nitrogen and oxygen atoms in total. The van der Waals surface area contributed by atoms with Crippen molar-refractivity contribution < 1.29 is 14.1 Å². The Hall–Kier alpha value is -1.86. The number of carbonyl (C=O) groups is 1.